The Morgan fingerprint density at radius 1 is 0.425 bits per heavy atom. The zero-order valence-corrected chi connectivity index (χ0v) is 47.6. The van der Waals surface area contributed by atoms with Crippen LogP contribution in [-0.4, -0.2) is 4.57 Å². The summed E-state index contributed by atoms with van der Waals surface area (Å²) in [5, 5.41) is 2.51. The van der Waals surface area contributed by atoms with E-state index in [1.165, 1.54) is 114 Å². The molecule has 1 atom stereocenters. The first-order valence-electron chi connectivity index (χ1n) is 28.4. The molecule has 2 nitrogen and oxygen atoms in total. The van der Waals surface area contributed by atoms with Crippen molar-refractivity contribution in [2.75, 3.05) is 4.90 Å². The molecule has 0 radical (unpaired) electrons. The highest BCUT2D eigenvalue weighted by molar-refractivity contribution is 7.99. The molecule has 10 aromatic carbocycles. The fourth-order valence-corrected chi connectivity index (χ4v) is 17.2. The zero-order chi connectivity index (χ0) is 53.9. The van der Waals surface area contributed by atoms with E-state index in [1.807, 2.05) is 23.5 Å². The van der Waals surface area contributed by atoms with Crippen LogP contribution < -0.4 is 4.90 Å². The SMILES string of the molecule is CC(C)(C)c1ccc2c(c1)C1(c3cc(C(C)(C)C)ccc3S2)c2ccccc2-c2ccc(N(c3cccc(-n4c5ccccc5c5ccccc54)c3)c3ccc4c(c3)C3(c5ccccc5Sc5ccccc53)C3CC=CC=C43)cc21. The van der Waals surface area contributed by atoms with Gasteiger partial charge in [-0.25, -0.2) is 0 Å². The largest absolute Gasteiger partial charge is 0.310 e. The molecule has 1 aromatic heterocycles. The Bertz CT molecular complexity index is 4350. The van der Waals surface area contributed by atoms with Crippen LogP contribution in [0.1, 0.15) is 104 Å². The third-order valence-electron chi connectivity index (χ3n) is 18.5. The first kappa shape index (κ1) is 47.9. The summed E-state index contributed by atoms with van der Waals surface area (Å²) in [6.07, 6.45) is 8.07. The van der Waals surface area contributed by atoms with Crippen LogP contribution in [0.2, 0.25) is 0 Å². The number of benzene rings is 10. The number of fused-ring (bicyclic) bond motifs is 21. The van der Waals surface area contributed by atoms with Crippen LogP contribution in [0.15, 0.2) is 256 Å². The third kappa shape index (κ3) is 6.64. The predicted molar refractivity (Wildman–Crippen MR) is 336 cm³/mol. The molecule has 386 valence electrons. The van der Waals surface area contributed by atoms with Gasteiger partial charge in [-0.15, -0.1) is 0 Å². The molecule has 3 heterocycles. The van der Waals surface area contributed by atoms with Gasteiger partial charge in [0.2, 0.25) is 0 Å². The second-order valence-electron chi connectivity index (χ2n) is 24.7. The molecule has 16 rings (SSSR count). The number of hydrogen-bond donors (Lipinski definition) is 0. The molecule has 4 heteroatoms. The first-order chi connectivity index (χ1) is 38.9. The van der Waals surface area contributed by atoms with Gasteiger partial charge in [0.1, 0.15) is 0 Å². The van der Waals surface area contributed by atoms with Crippen LogP contribution in [0.3, 0.4) is 0 Å². The quantitative estimate of drug-likeness (QED) is 0.174. The summed E-state index contributed by atoms with van der Waals surface area (Å²) < 4.78 is 2.46. The van der Waals surface area contributed by atoms with Gasteiger partial charge in [-0.05, 0) is 168 Å². The fourth-order valence-electron chi connectivity index (χ4n) is 14.9. The van der Waals surface area contributed by atoms with E-state index in [9.17, 15) is 0 Å². The molecule has 0 fully saturated rings. The summed E-state index contributed by atoms with van der Waals surface area (Å²) in [6, 6.07) is 84.6. The van der Waals surface area contributed by atoms with Crippen LogP contribution in [0.5, 0.6) is 0 Å². The molecule has 0 saturated heterocycles. The molecule has 0 N–H and O–H groups in total. The van der Waals surface area contributed by atoms with Crippen molar-refractivity contribution in [2.24, 2.45) is 5.92 Å². The Morgan fingerprint density at radius 3 is 1.56 bits per heavy atom. The minimum absolute atomic E-state index is 0.0536. The van der Waals surface area contributed by atoms with E-state index in [4.69, 9.17) is 0 Å². The average molecular weight is 1070 g/mol. The van der Waals surface area contributed by atoms with Crippen molar-refractivity contribution in [3.05, 3.63) is 292 Å². The van der Waals surface area contributed by atoms with Gasteiger partial charge in [0.05, 0.1) is 21.9 Å². The fraction of sp³-hybridized carbons (Fsp3) is 0.158. The molecule has 0 amide bonds. The van der Waals surface area contributed by atoms with Crippen LogP contribution >= 0.6 is 23.5 Å². The number of hydrogen-bond acceptors (Lipinski definition) is 3. The monoisotopic (exact) mass is 1060 g/mol. The molecule has 5 aliphatic rings. The highest BCUT2D eigenvalue weighted by Gasteiger charge is 2.56. The number of aromatic nitrogens is 1. The van der Waals surface area contributed by atoms with E-state index in [1.54, 1.807) is 0 Å². The maximum Gasteiger partial charge on any atom is 0.0736 e. The topological polar surface area (TPSA) is 8.17 Å². The standard InChI is InChI=1S/C76H60N2S2/c1-73(2,3)47-34-40-71-65(42-47)76(66-43-48(74(4,5)6)35-41-72(66)80-71)60-27-12-8-23-54(60)56-39-37-52(46-64(56)76)77(49-20-19-21-50(44-49)78-67-30-15-9-24-57(67)58-25-10-16-31-68(58)78)51-36-38-55-53-22-7-11-26-59(53)75(63(55)45-51)61-28-13-17-32-69(61)79-70-33-18-14-29-62(70)75/h7-25,27-46,59H,26H2,1-6H3. The van der Waals surface area contributed by atoms with E-state index < -0.39 is 10.8 Å². The Balaban J connectivity index is 0.996. The summed E-state index contributed by atoms with van der Waals surface area (Å²) in [4.78, 5) is 7.90. The Morgan fingerprint density at radius 2 is 0.938 bits per heavy atom. The summed E-state index contributed by atoms with van der Waals surface area (Å²) in [7, 11) is 0. The highest BCUT2D eigenvalue weighted by atomic mass is 32.2. The Kier molecular flexibility index (Phi) is 10.3. The van der Waals surface area contributed by atoms with Crippen molar-refractivity contribution >= 4 is 68.0 Å². The second kappa shape index (κ2) is 17.2. The van der Waals surface area contributed by atoms with Crippen LogP contribution in [0.4, 0.5) is 17.1 Å². The minimum atomic E-state index is -0.596. The van der Waals surface area contributed by atoms with Crippen LogP contribution in [0, 0.1) is 5.92 Å². The average Bonchev–Trinajstić information content (AvgIpc) is 2.47. The zero-order valence-electron chi connectivity index (χ0n) is 46.0. The van der Waals surface area contributed by atoms with Crippen molar-refractivity contribution in [2.45, 2.75) is 89.2 Å². The van der Waals surface area contributed by atoms with Crippen molar-refractivity contribution in [1.29, 1.82) is 0 Å². The Labute approximate surface area is 478 Å². The van der Waals surface area contributed by atoms with Crippen LogP contribution in [-0.2, 0) is 21.7 Å². The van der Waals surface area contributed by atoms with Crippen molar-refractivity contribution in [3.63, 3.8) is 0 Å². The number of rotatable bonds is 4. The molecule has 2 aliphatic heterocycles. The molecular formula is C76H60N2S2. The van der Waals surface area contributed by atoms with Gasteiger partial charge in [0.15, 0.2) is 0 Å². The van der Waals surface area contributed by atoms with E-state index in [0.717, 1.165) is 29.2 Å². The summed E-state index contributed by atoms with van der Waals surface area (Å²) in [5.41, 5.74) is 23.4. The minimum Gasteiger partial charge on any atom is -0.310 e. The van der Waals surface area contributed by atoms with E-state index >= 15 is 0 Å². The number of para-hydroxylation sites is 2. The number of anilines is 3. The lowest BCUT2D eigenvalue weighted by molar-refractivity contribution is 0.467. The van der Waals surface area contributed by atoms with E-state index in [0.29, 0.717) is 0 Å². The normalized spacial score (nSPS) is 16.6. The van der Waals surface area contributed by atoms with E-state index in [2.05, 4.69) is 288 Å². The molecular weight excluding hydrogens is 1000 g/mol. The Hall–Kier alpha value is -8.02. The lowest BCUT2D eigenvalue weighted by Gasteiger charge is -2.43. The van der Waals surface area contributed by atoms with Crippen molar-refractivity contribution in [3.8, 4) is 16.8 Å². The highest BCUT2D eigenvalue weighted by Crippen LogP contribution is 2.67. The third-order valence-corrected chi connectivity index (χ3v) is 20.8. The molecule has 3 aliphatic carbocycles. The van der Waals surface area contributed by atoms with Crippen LogP contribution in [0.25, 0.3) is 44.2 Å². The predicted octanol–water partition coefficient (Wildman–Crippen LogP) is 20.4. The second-order valence-corrected chi connectivity index (χ2v) is 26.9. The van der Waals surface area contributed by atoms with E-state index in [-0.39, 0.29) is 16.7 Å². The maximum absolute atomic E-state index is 2.59. The first-order valence-corrected chi connectivity index (χ1v) is 30.1. The van der Waals surface area contributed by atoms with Gasteiger partial charge >= 0.3 is 0 Å². The van der Waals surface area contributed by atoms with Gasteiger partial charge < -0.3 is 9.47 Å². The molecule has 11 aromatic rings. The summed E-state index contributed by atoms with van der Waals surface area (Å²) >= 11 is 3.86. The maximum atomic E-state index is 2.59. The molecule has 80 heavy (non-hydrogen) atoms. The molecule has 0 saturated carbocycles. The van der Waals surface area contributed by atoms with Gasteiger partial charge in [-0.1, -0.05) is 223 Å². The number of allylic oxidation sites excluding steroid dienone is 4. The van der Waals surface area contributed by atoms with Crippen molar-refractivity contribution < 1.29 is 0 Å². The van der Waals surface area contributed by atoms with Gasteiger partial charge in [0, 0.05) is 59.0 Å². The molecule has 1 unspecified atom stereocenters. The molecule has 0 bridgehead atoms. The lowest BCUT2D eigenvalue weighted by Crippen LogP contribution is -2.37. The lowest BCUT2D eigenvalue weighted by atomic mass is 9.63. The van der Waals surface area contributed by atoms with Crippen molar-refractivity contribution in [1.82, 2.24) is 4.57 Å². The van der Waals surface area contributed by atoms with Gasteiger partial charge in [-0.2, -0.15) is 0 Å². The summed E-state index contributed by atoms with van der Waals surface area (Å²) in [5.74, 6) is 0.242. The van der Waals surface area contributed by atoms with Gasteiger partial charge in [0.25, 0.3) is 0 Å². The smallest absolute Gasteiger partial charge is 0.0736 e. The number of nitrogens with zero attached hydrogens (tertiary/aromatic N) is 2. The summed E-state index contributed by atoms with van der Waals surface area (Å²) in [6.45, 7) is 14.1. The van der Waals surface area contributed by atoms with Gasteiger partial charge in [-0.3, -0.25) is 0 Å². The molecule has 2 spiro atoms.